The molecule has 13 heteroatoms. The fourth-order valence-electron chi connectivity index (χ4n) is 4.08. The van der Waals surface area contributed by atoms with Gasteiger partial charge in [0, 0.05) is 50.5 Å². The van der Waals surface area contributed by atoms with Crippen LogP contribution in [0, 0.1) is 0 Å². The van der Waals surface area contributed by atoms with Crippen molar-refractivity contribution in [3.8, 4) is 17.5 Å². The number of sulfonamides is 1. The van der Waals surface area contributed by atoms with Gasteiger partial charge >= 0.3 is 12.6 Å². The first-order chi connectivity index (χ1) is 17.7. The van der Waals surface area contributed by atoms with Gasteiger partial charge in [-0.15, -0.1) is 5.10 Å². The van der Waals surface area contributed by atoms with E-state index in [1.807, 2.05) is 31.2 Å². The molecule has 0 aliphatic carbocycles. The molecule has 4 rings (SSSR count). The van der Waals surface area contributed by atoms with Crippen molar-refractivity contribution in [1.29, 1.82) is 0 Å². The van der Waals surface area contributed by atoms with Crippen LogP contribution in [-0.2, 0) is 16.6 Å². The average Bonchev–Trinajstić information content (AvgIpc) is 3.27. The van der Waals surface area contributed by atoms with Crippen LogP contribution in [0.25, 0.3) is 0 Å². The van der Waals surface area contributed by atoms with Crippen molar-refractivity contribution in [2.24, 2.45) is 0 Å². The molecule has 1 atom stereocenters. The molecule has 1 N–H and O–H groups in total. The van der Waals surface area contributed by atoms with Gasteiger partial charge in [-0.25, -0.2) is 13.1 Å². The molecule has 0 radical (unpaired) electrons. The van der Waals surface area contributed by atoms with Gasteiger partial charge in [-0.05, 0) is 45.2 Å². The molecule has 0 bridgehead atoms. The summed E-state index contributed by atoms with van der Waals surface area (Å²) in [5.41, 5.74) is 1.05. The number of hydrogen-bond donors (Lipinski definition) is 1. The van der Waals surface area contributed by atoms with E-state index >= 15 is 0 Å². The van der Waals surface area contributed by atoms with E-state index in [9.17, 15) is 17.2 Å². The molecule has 10 nitrogen and oxygen atoms in total. The Labute approximate surface area is 214 Å². The standard InChI is InChI=1S/C24H30F2N6O4S/c1-4-32-22(17(2)29-37(33,34)21-10-6-9-20(16-21)35-23(25)26)27-28-24(32)36-19-8-5-7-18(15-19)31-13-11-30(3)12-14-31/h5-10,15-17,23,29H,4,11-14H2,1-3H3/t17-/m1/s1. The van der Waals surface area contributed by atoms with E-state index in [1.54, 1.807) is 11.5 Å². The smallest absolute Gasteiger partial charge is 0.387 e. The molecule has 2 heterocycles. The first-order valence-electron chi connectivity index (χ1n) is 11.9. The SMILES string of the molecule is CCn1c(Oc2cccc(N3CCN(C)CC3)c2)nnc1[C@@H](C)NS(=O)(=O)c1cccc(OC(F)F)c1. The zero-order chi connectivity index (χ0) is 26.6. The minimum atomic E-state index is -4.07. The number of nitrogens with one attached hydrogen (secondary N) is 1. The normalized spacial score (nSPS) is 15.7. The lowest BCUT2D eigenvalue weighted by Crippen LogP contribution is -2.44. The van der Waals surface area contributed by atoms with Crippen molar-refractivity contribution in [2.75, 3.05) is 38.1 Å². The third-order valence-corrected chi connectivity index (χ3v) is 7.56. The third-order valence-electron chi connectivity index (χ3n) is 6.02. The van der Waals surface area contributed by atoms with Gasteiger partial charge in [0.05, 0.1) is 10.9 Å². The van der Waals surface area contributed by atoms with Crippen molar-refractivity contribution in [3.63, 3.8) is 0 Å². The molecular formula is C24H30F2N6O4S. The molecule has 1 saturated heterocycles. The second-order valence-corrected chi connectivity index (χ2v) is 10.4. The molecule has 1 aliphatic rings. The third kappa shape index (κ3) is 6.53. The van der Waals surface area contributed by atoms with Gasteiger partial charge in [-0.1, -0.05) is 17.2 Å². The summed E-state index contributed by atoms with van der Waals surface area (Å²) in [5.74, 6) is 0.683. The molecule has 3 aromatic rings. The van der Waals surface area contributed by atoms with E-state index in [4.69, 9.17) is 4.74 Å². The Hall–Kier alpha value is -3.29. The molecule has 0 saturated carbocycles. The van der Waals surface area contributed by atoms with Crippen LogP contribution in [0.5, 0.6) is 17.5 Å². The summed E-state index contributed by atoms with van der Waals surface area (Å²) in [6, 6.07) is 12.1. The number of hydrogen-bond acceptors (Lipinski definition) is 8. The zero-order valence-electron chi connectivity index (χ0n) is 20.8. The van der Waals surface area contributed by atoms with Crippen LogP contribution in [0.1, 0.15) is 25.7 Å². The number of piperazine rings is 1. The molecule has 1 fully saturated rings. The van der Waals surface area contributed by atoms with Gasteiger partial charge in [0.2, 0.25) is 10.0 Å². The maximum atomic E-state index is 12.9. The fourth-order valence-corrected chi connectivity index (χ4v) is 5.31. The Morgan fingerprint density at radius 3 is 2.43 bits per heavy atom. The summed E-state index contributed by atoms with van der Waals surface area (Å²) in [6.07, 6.45) is 0. The van der Waals surface area contributed by atoms with Crippen molar-refractivity contribution in [1.82, 2.24) is 24.4 Å². The van der Waals surface area contributed by atoms with E-state index in [0.29, 0.717) is 18.1 Å². The summed E-state index contributed by atoms with van der Waals surface area (Å²) in [4.78, 5) is 4.36. The van der Waals surface area contributed by atoms with Crippen LogP contribution in [-0.4, -0.2) is 67.9 Å². The van der Waals surface area contributed by atoms with Crippen molar-refractivity contribution < 1.29 is 26.7 Å². The van der Waals surface area contributed by atoms with E-state index in [1.165, 1.54) is 18.2 Å². The van der Waals surface area contributed by atoms with Crippen molar-refractivity contribution in [2.45, 2.75) is 37.9 Å². The molecule has 0 amide bonds. The van der Waals surface area contributed by atoms with Crippen LogP contribution in [0.15, 0.2) is 53.4 Å². The van der Waals surface area contributed by atoms with Crippen LogP contribution < -0.4 is 19.1 Å². The van der Waals surface area contributed by atoms with Crippen molar-refractivity contribution >= 4 is 15.7 Å². The highest BCUT2D eigenvalue weighted by molar-refractivity contribution is 7.89. The van der Waals surface area contributed by atoms with Gasteiger partial charge in [-0.3, -0.25) is 4.57 Å². The van der Waals surface area contributed by atoms with Gasteiger partial charge in [0.1, 0.15) is 11.5 Å². The summed E-state index contributed by atoms with van der Waals surface area (Å²) in [5, 5.41) is 8.30. The zero-order valence-corrected chi connectivity index (χ0v) is 21.7. The molecule has 1 aliphatic heterocycles. The summed E-state index contributed by atoms with van der Waals surface area (Å²) >= 11 is 0. The number of benzene rings is 2. The number of likely N-dealkylation sites (N-methyl/N-ethyl adjacent to an activating group) is 1. The van der Waals surface area contributed by atoms with Gasteiger partial charge < -0.3 is 19.3 Å². The van der Waals surface area contributed by atoms with E-state index in [-0.39, 0.29) is 16.7 Å². The molecule has 200 valence electrons. The molecular weight excluding hydrogens is 506 g/mol. The average molecular weight is 537 g/mol. The predicted octanol–water partition coefficient (Wildman–Crippen LogP) is 3.48. The highest BCUT2D eigenvalue weighted by Gasteiger charge is 2.25. The first kappa shape index (κ1) is 26.8. The largest absolute Gasteiger partial charge is 0.435 e. The second kappa shape index (κ2) is 11.4. The van der Waals surface area contributed by atoms with Gasteiger partial charge in [-0.2, -0.15) is 8.78 Å². The second-order valence-electron chi connectivity index (χ2n) is 8.67. The topological polar surface area (TPSA) is 102 Å². The number of alkyl halides is 2. The Morgan fingerprint density at radius 2 is 1.73 bits per heavy atom. The van der Waals surface area contributed by atoms with E-state index in [2.05, 4.69) is 36.5 Å². The number of anilines is 1. The number of nitrogens with zero attached hydrogens (tertiary/aromatic N) is 5. The highest BCUT2D eigenvalue weighted by atomic mass is 32.2. The molecule has 0 spiro atoms. The summed E-state index contributed by atoms with van der Waals surface area (Å²) < 4.78 is 65.4. The molecule has 37 heavy (non-hydrogen) atoms. The Morgan fingerprint density at radius 1 is 1.03 bits per heavy atom. The van der Waals surface area contributed by atoms with Gasteiger partial charge in [0.15, 0.2) is 5.82 Å². The molecule has 0 unspecified atom stereocenters. The van der Waals surface area contributed by atoms with Crippen LogP contribution >= 0.6 is 0 Å². The lowest BCUT2D eigenvalue weighted by atomic mass is 10.2. The monoisotopic (exact) mass is 536 g/mol. The van der Waals surface area contributed by atoms with E-state index in [0.717, 1.165) is 37.9 Å². The first-order valence-corrected chi connectivity index (χ1v) is 13.4. The maximum absolute atomic E-state index is 12.9. The number of halogens is 2. The lowest BCUT2D eigenvalue weighted by Gasteiger charge is -2.34. The minimum absolute atomic E-state index is 0.211. The molecule has 1 aromatic heterocycles. The van der Waals surface area contributed by atoms with Crippen LogP contribution in [0.4, 0.5) is 14.5 Å². The predicted molar refractivity (Wildman–Crippen MR) is 134 cm³/mol. The lowest BCUT2D eigenvalue weighted by molar-refractivity contribution is -0.0500. The Bertz CT molecular complexity index is 1310. The maximum Gasteiger partial charge on any atom is 0.387 e. The number of aromatic nitrogens is 3. The Kier molecular flexibility index (Phi) is 8.25. The van der Waals surface area contributed by atoms with E-state index < -0.39 is 22.7 Å². The number of rotatable bonds is 10. The summed E-state index contributed by atoms with van der Waals surface area (Å²) in [7, 11) is -1.97. The van der Waals surface area contributed by atoms with Crippen LogP contribution in [0.3, 0.4) is 0 Å². The van der Waals surface area contributed by atoms with Gasteiger partial charge in [0.25, 0.3) is 0 Å². The molecule has 2 aromatic carbocycles. The Balaban J connectivity index is 1.49. The highest BCUT2D eigenvalue weighted by Crippen LogP contribution is 2.28. The fraction of sp³-hybridized carbons (Fsp3) is 0.417. The van der Waals surface area contributed by atoms with Crippen LogP contribution in [0.2, 0.25) is 0 Å². The number of ether oxygens (including phenoxy) is 2. The minimum Gasteiger partial charge on any atom is -0.435 e. The summed E-state index contributed by atoms with van der Waals surface area (Å²) in [6.45, 7) is 4.66. The quantitative estimate of drug-likeness (QED) is 0.420. The van der Waals surface area contributed by atoms with Crippen molar-refractivity contribution in [3.05, 3.63) is 54.4 Å².